The maximum absolute atomic E-state index is 12.9. The van der Waals surface area contributed by atoms with Crippen LogP contribution in [0.25, 0.3) is 0 Å². The monoisotopic (exact) mass is 312 g/mol. The number of nitrogens with one attached hydrogen (secondary N) is 1. The van der Waals surface area contributed by atoms with Crippen LogP contribution >= 0.6 is 12.2 Å². The first-order valence-corrected chi connectivity index (χ1v) is 8.52. The van der Waals surface area contributed by atoms with Crippen LogP contribution in [0.5, 0.6) is 0 Å². The molecule has 1 aliphatic carbocycles. The number of amides is 1. The second kappa shape index (κ2) is 6.64. The molecule has 1 fully saturated rings. The number of hydrogen-bond donors (Lipinski definition) is 2. The molecule has 0 spiro atoms. The van der Waals surface area contributed by atoms with E-state index >= 15 is 0 Å². The summed E-state index contributed by atoms with van der Waals surface area (Å²) in [5, 5.41) is 3.23. The van der Waals surface area contributed by atoms with Gasteiger partial charge in [0.2, 0.25) is 5.91 Å². The van der Waals surface area contributed by atoms with Gasteiger partial charge in [0, 0.05) is 5.54 Å². The quantitative estimate of drug-likeness (QED) is 0.610. The minimum atomic E-state index is -0.638. The molecular formula is C17H32N2OS. The Hall–Kier alpha value is -0.640. The van der Waals surface area contributed by atoms with Gasteiger partial charge in [-0.25, -0.2) is 0 Å². The molecule has 0 heterocycles. The number of carbonyl (C=O) groups excluding carboxylic acids is 1. The summed E-state index contributed by atoms with van der Waals surface area (Å²) in [7, 11) is 0. The van der Waals surface area contributed by atoms with Crippen LogP contribution < -0.4 is 11.1 Å². The van der Waals surface area contributed by atoms with E-state index in [2.05, 4.69) is 39.9 Å². The van der Waals surface area contributed by atoms with Gasteiger partial charge in [-0.3, -0.25) is 4.79 Å². The van der Waals surface area contributed by atoms with Gasteiger partial charge in [-0.2, -0.15) is 0 Å². The maximum Gasteiger partial charge on any atom is 0.233 e. The van der Waals surface area contributed by atoms with Crippen LogP contribution in [-0.4, -0.2) is 16.4 Å². The van der Waals surface area contributed by atoms with Crippen molar-refractivity contribution in [3.63, 3.8) is 0 Å². The average Bonchev–Trinajstić information content (AvgIpc) is 2.50. The molecule has 0 aromatic carbocycles. The Labute approximate surface area is 135 Å². The molecule has 1 rings (SSSR count). The van der Waals surface area contributed by atoms with Crippen LogP contribution in [0.1, 0.15) is 79.6 Å². The fourth-order valence-electron chi connectivity index (χ4n) is 3.71. The highest BCUT2D eigenvalue weighted by Crippen LogP contribution is 2.37. The van der Waals surface area contributed by atoms with Crippen LogP contribution in [0.15, 0.2) is 0 Å². The standard InChI is InChI=1S/C17H32N2OS/c1-15(2,3)12-16(4,5)19-14(20)17(13(18)21)10-8-6-7-9-11-17/h6-12H2,1-5H3,(H2,18,21)(H,19,20). The van der Waals surface area contributed by atoms with Crippen LogP contribution in [0.3, 0.4) is 0 Å². The fourth-order valence-corrected chi connectivity index (χ4v) is 4.01. The molecule has 21 heavy (non-hydrogen) atoms. The number of thiocarbonyl (C=S) groups is 1. The summed E-state index contributed by atoms with van der Waals surface area (Å²) in [4.78, 5) is 13.3. The van der Waals surface area contributed by atoms with Gasteiger partial charge in [-0.1, -0.05) is 58.7 Å². The molecule has 0 atom stereocenters. The topological polar surface area (TPSA) is 55.1 Å². The number of nitrogens with two attached hydrogens (primary N) is 1. The summed E-state index contributed by atoms with van der Waals surface area (Å²) in [6.45, 7) is 10.7. The third-order valence-electron chi connectivity index (χ3n) is 4.29. The minimum absolute atomic E-state index is 0.0335. The zero-order chi connectivity index (χ0) is 16.3. The highest BCUT2D eigenvalue weighted by Gasteiger charge is 2.43. The molecule has 3 N–H and O–H groups in total. The van der Waals surface area contributed by atoms with Crippen molar-refractivity contribution in [2.24, 2.45) is 16.6 Å². The summed E-state index contributed by atoms with van der Waals surface area (Å²) in [6, 6.07) is 0. The predicted molar refractivity (Wildman–Crippen MR) is 93.2 cm³/mol. The van der Waals surface area contributed by atoms with Crippen LogP contribution in [0.2, 0.25) is 0 Å². The lowest BCUT2D eigenvalue weighted by Gasteiger charge is -2.38. The first-order chi connectivity index (χ1) is 9.49. The van der Waals surface area contributed by atoms with Gasteiger partial charge in [0.1, 0.15) is 0 Å². The Morgan fingerprint density at radius 3 is 1.95 bits per heavy atom. The Kier molecular flexibility index (Phi) is 5.82. The summed E-state index contributed by atoms with van der Waals surface area (Å²) in [5.41, 5.74) is 5.26. The fraction of sp³-hybridized carbons (Fsp3) is 0.882. The van der Waals surface area contributed by atoms with Gasteiger partial charge in [0.25, 0.3) is 0 Å². The molecule has 1 saturated carbocycles. The third-order valence-corrected chi connectivity index (χ3v) is 4.68. The Morgan fingerprint density at radius 2 is 1.57 bits per heavy atom. The molecular weight excluding hydrogens is 280 g/mol. The van der Waals surface area contributed by atoms with E-state index in [9.17, 15) is 4.79 Å². The van der Waals surface area contributed by atoms with E-state index in [0.717, 1.165) is 32.1 Å². The van der Waals surface area contributed by atoms with Gasteiger partial charge >= 0.3 is 0 Å². The molecule has 0 bridgehead atoms. The molecule has 0 saturated heterocycles. The SMILES string of the molecule is CC(C)(C)CC(C)(C)NC(=O)C1(C(N)=S)CCCCCC1. The molecule has 1 amide bonds. The van der Waals surface area contributed by atoms with Crippen molar-refractivity contribution in [2.45, 2.75) is 85.1 Å². The van der Waals surface area contributed by atoms with E-state index in [-0.39, 0.29) is 16.9 Å². The first-order valence-electron chi connectivity index (χ1n) is 8.11. The summed E-state index contributed by atoms with van der Waals surface area (Å²) >= 11 is 5.28. The highest BCUT2D eigenvalue weighted by molar-refractivity contribution is 7.80. The molecule has 4 heteroatoms. The number of rotatable bonds is 4. The maximum atomic E-state index is 12.9. The zero-order valence-electron chi connectivity index (χ0n) is 14.3. The van der Waals surface area contributed by atoms with Crippen molar-refractivity contribution in [3.8, 4) is 0 Å². The van der Waals surface area contributed by atoms with E-state index in [4.69, 9.17) is 18.0 Å². The van der Waals surface area contributed by atoms with Crippen LogP contribution in [0.4, 0.5) is 0 Å². The zero-order valence-corrected chi connectivity index (χ0v) is 15.2. The van der Waals surface area contributed by atoms with Crippen LogP contribution in [-0.2, 0) is 4.79 Å². The third kappa shape index (κ3) is 5.24. The summed E-state index contributed by atoms with van der Waals surface area (Å²) in [5.74, 6) is 0.0335. The van der Waals surface area contributed by atoms with Gasteiger partial charge < -0.3 is 11.1 Å². The van der Waals surface area contributed by atoms with Crippen molar-refractivity contribution >= 4 is 23.1 Å². The summed E-state index contributed by atoms with van der Waals surface area (Å²) in [6.07, 6.45) is 6.90. The Bertz CT molecular complexity index is 388. The molecule has 0 aliphatic heterocycles. The second-order valence-electron chi connectivity index (χ2n) is 8.44. The average molecular weight is 313 g/mol. The Morgan fingerprint density at radius 1 is 1.10 bits per heavy atom. The summed E-state index contributed by atoms with van der Waals surface area (Å²) < 4.78 is 0. The highest BCUT2D eigenvalue weighted by atomic mass is 32.1. The van der Waals surface area contributed by atoms with Crippen molar-refractivity contribution < 1.29 is 4.79 Å². The van der Waals surface area contributed by atoms with E-state index in [1.165, 1.54) is 12.8 Å². The van der Waals surface area contributed by atoms with Gasteiger partial charge in [-0.15, -0.1) is 0 Å². The van der Waals surface area contributed by atoms with Crippen molar-refractivity contribution in [1.29, 1.82) is 0 Å². The number of carbonyl (C=O) groups is 1. The molecule has 0 unspecified atom stereocenters. The minimum Gasteiger partial charge on any atom is -0.392 e. The first kappa shape index (κ1) is 18.4. The molecule has 0 radical (unpaired) electrons. The largest absolute Gasteiger partial charge is 0.392 e. The lowest BCUT2D eigenvalue weighted by atomic mass is 9.77. The molecule has 3 nitrogen and oxygen atoms in total. The molecule has 1 aliphatic rings. The lowest BCUT2D eigenvalue weighted by Crippen LogP contribution is -2.55. The van der Waals surface area contributed by atoms with Crippen molar-refractivity contribution in [1.82, 2.24) is 5.32 Å². The van der Waals surface area contributed by atoms with E-state index < -0.39 is 5.41 Å². The van der Waals surface area contributed by atoms with Crippen molar-refractivity contribution in [2.75, 3.05) is 0 Å². The van der Waals surface area contributed by atoms with Gasteiger partial charge in [-0.05, 0) is 38.5 Å². The Balaban J connectivity index is 2.89. The number of hydrogen-bond acceptors (Lipinski definition) is 2. The molecule has 0 aromatic heterocycles. The normalized spacial score (nSPS) is 19.7. The van der Waals surface area contributed by atoms with E-state index in [0.29, 0.717) is 4.99 Å². The smallest absolute Gasteiger partial charge is 0.233 e. The van der Waals surface area contributed by atoms with Crippen molar-refractivity contribution in [3.05, 3.63) is 0 Å². The van der Waals surface area contributed by atoms with Gasteiger partial charge in [0.05, 0.1) is 10.4 Å². The molecule has 122 valence electrons. The van der Waals surface area contributed by atoms with E-state index in [1.54, 1.807) is 0 Å². The van der Waals surface area contributed by atoms with Gasteiger partial charge in [0.15, 0.2) is 0 Å². The predicted octanol–water partition coefficient (Wildman–Crippen LogP) is 3.94. The van der Waals surface area contributed by atoms with E-state index in [1.807, 2.05) is 0 Å². The lowest BCUT2D eigenvalue weighted by molar-refractivity contribution is -0.130. The second-order valence-corrected chi connectivity index (χ2v) is 8.88. The van der Waals surface area contributed by atoms with Crippen LogP contribution in [0, 0.1) is 10.8 Å². The molecule has 0 aromatic rings.